The smallest absolute Gasteiger partial charge is 0.0965 e. The molecule has 3 nitrogen and oxygen atoms in total. The lowest BCUT2D eigenvalue weighted by Gasteiger charge is -2.04. The molecular weight excluding hydrogens is 210 g/mol. The summed E-state index contributed by atoms with van der Waals surface area (Å²) >= 11 is 0. The topological polar surface area (TPSA) is 41.6 Å². The highest BCUT2D eigenvalue weighted by Gasteiger charge is 2.10. The zero-order valence-electron chi connectivity index (χ0n) is 10.4. The van der Waals surface area contributed by atoms with E-state index in [1.54, 1.807) is 4.68 Å². The van der Waals surface area contributed by atoms with Gasteiger partial charge in [-0.25, -0.2) is 0 Å². The Balaban J connectivity index is 2.52. The Morgan fingerprint density at radius 3 is 2.71 bits per heavy atom. The predicted octanol–water partition coefficient (Wildman–Crippen LogP) is 2.77. The molecular formula is C14H15N3. The van der Waals surface area contributed by atoms with Crippen LogP contribution in [0.1, 0.15) is 16.7 Å². The van der Waals surface area contributed by atoms with Gasteiger partial charge in [-0.2, -0.15) is 10.4 Å². The molecule has 3 heteroatoms. The Kier molecular flexibility index (Phi) is 2.97. The molecule has 0 aliphatic carbocycles. The molecule has 2 aromatic rings. The van der Waals surface area contributed by atoms with Gasteiger partial charge in [-0.05, 0) is 31.0 Å². The molecule has 0 unspecified atom stereocenters. The molecule has 0 aliphatic rings. The number of nitrogens with zero attached hydrogens (tertiary/aromatic N) is 3. The van der Waals surface area contributed by atoms with Crippen LogP contribution in [0, 0.1) is 25.2 Å². The molecule has 0 saturated carbocycles. The fraction of sp³-hybridized carbons (Fsp3) is 0.286. The molecule has 1 aromatic carbocycles. The summed E-state index contributed by atoms with van der Waals surface area (Å²) in [5.41, 5.74) is 5.50. The SMILES string of the molecule is Cc1ccc(-c2nn(C)cc2CC#N)cc1C. The van der Waals surface area contributed by atoms with Gasteiger partial charge in [0.05, 0.1) is 18.2 Å². The summed E-state index contributed by atoms with van der Waals surface area (Å²) in [6.07, 6.45) is 2.31. The van der Waals surface area contributed by atoms with Gasteiger partial charge in [-0.3, -0.25) is 4.68 Å². The first-order valence-corrected chi connectivity index (χ1v) is 5.59. The molecule has 0 fully saturated rings. The van der Waals surface area contributed by atoms with Gasteiger partial charge in [0.2, 0.25) is 0 Å². The molecule has 0 saturated heterocycles. The standard InChI is InChI=1S/C14H15N3/c1-10-4-5-12(8-11(10)2)14-13(6-7-15)9-17(3)16-14/h4-5,8-9H,6H2,1-3H3. The normalized spacial score (nSPS) is 10.2. The van der Waals surface area contributed by atoms with Gasteiger partial charge in [0, 0.05) is 24.4 Å². The summed E-state index contributed by atoms with van der Waals surface area (Å²) < 4.78 is 1.76. The van der Waals surface area contributed by atoms with Gasteiger partial charge < -0.3 is 0 Å². The minimum absolute atomic E-state index is 0.399. The van der Waals surface area contributed by atoms with E-state index in [0.717, 1.165) is 16.8 Å². The Labute approximate surface area is 101 Å². The fourth-order valence-electron chi connectivity index (χ4n) is 1.88. The van der Waals surface area contributed by atoms with Crippen LogP contribution < -0.4 is 0 Å². The monoisotopic (exact) mass is 225 g/mol. The first kappa shape index (κ1) is 11.4. The van der Waals surface area contributed by atoms with Crippen LogP contribution in [0.3, 0.4) is 0 Å². The Morgan fingerprint density at radius 1 is 1.29 bits per heavy atom. The molecule has 0 N–H and O–H groups in total. The second-order valence-electron chi connectivity index (χ2n) is 4.31. The molecule has 1 aromatic heterocycles. The number of aryl methyl sites for hydroxylation is 3. The van der Waals surface area contributed by atoms with Crippen molar-refractivity contribution in [2.75, 3.05) is 0 Å². The first-order valence-electron chi connectivity index (χ1n) is 5.59. The third kappa shape index (κ3) is 2.21. The van der Waals surface area contributed by atoms with Crippen molar-refractivity contribution in [3.63, 3.8) is 0 Å². The summed E-state index contributed by atoms with van der Waals surface area (Å²) in [7, 11) is 1.88. The van der Waals surface area contributed by atoms with Crippen LogP contribution in [0.15, 0.2) is 24.4 Å². The quantitative estimate of drug-likeness (QED) is 0.788. The lowest BCUT2D eigenvalue weighted by atomic mass is 10.0. The van der Waals surface area contributed by atoms with Crippen LogP contribution in [-0.4, -0.2) is 9.78 Å². The highest BCUT2D eigenvalue weighted by molar-refractivity contribution is 5.64. The van der Waals surface area contributed by atoms with Crippen molar-refractivity contribution in [2.45, 2.75) is 20.3 Å². The molecule has 0 radical (unpaired) electrons. The van der Waals surface area contributed by atoms with Crippen LogP contribution in [-0.2, 0) is 13.5 Å². The third-order valence-electron chi connectivity index (χ3n) is 2.95. The second kappa shape index (κ2) is 4.42. The number of hydrogen-bond donors (Lipinski definition) is 0. The number of hydrogen-bond acceptors (Lipinski definition) is 2. The molecule has 0 atom stereocenters. The lowest BCUT2D eigenvalue weighted by Crippen LogP contribution is -1.89. The maximum atomic E-state index is 8.81. The minimum atomic E-state index is 0.399. The summed E-state index contributed by atoms with van der Waals surface area (Å²) in [5.74, 6) is 0. The minimum Gasteiger partial charge on any atom is -0.275 e. The molecule has 0 amide bonds. The maximum absolute atomic E-state index is 8.81. The van der Waals surface area contributed by atoms with E-state index in [1.807, 2.05) is 13.2 Å². The molecule has 86 valence electrons. The van der Waals surface area contributed by atoms with Crippen molar-refractivity contribution in [2.24, 2.45) is 7.05 Å². The van der Waals surface area contributed by atoms with E-state index < -0.39 is 0 Å². The number of aromatic nitrogens is 2. The molecule has 0 spiro atoms. The third-order valence-corrected chi connectivity index (χ3v) is 2.95. The summed E-state index contributed by atoms with van der Waals surface area (Å²) in [6, 6.07) is 8.46. The van der Waals surface area contributed by atoms with Crippen molar-refractivity contribution in [3.05, 3.63) is 41.1 Å². The van der Waals surface area contributed by atoms with Crippen LogP contribution in [0.2, 0.25) is 0 Å². The average Bonchev–Trinajstić information content (AvgIpc) is 2.64. The van der Waals surface area contributed by atoms with Crippen LogP contribution >= 0.6 is 0 Å². The van der Waals surface area contributed by atoms with E-state index in [9.17, 15) is 0 Å². The van der Waals surface area contributed by atoms with Gasteiger partial charge in [0.15, 0.2) is 0 Å². The average molecular weight is 225 g/mol. The van der Waals surface area contributed by atoms with Gasteiger partial charge in [-0.1, -0.05) is 12.1 Å². The van der Waals surface area contributed by atoms with Crippen LogP contribution in [0.25, 0.3) is 11.3 Å². The van der Waals surface area contributed by atoms with Crippen molar-refractivity contribution in [1.82, 2.24) is 9.78 Å². The van der Waals surface area contributed by atoms with Crippen LogP contribution in [0.4, 0.5) is 0 Å². The molecule has 2 rings (SSSR count). The highest BCUT2D eigenvalue weighted by Crippen LogP contribution is 2.24. The van der Waals surface area contributed by atoms with Crippen molar-refractivity contribution < 1.29 is 0 Å². The zero-order valence-corrected chi connectivity index (χ0v) is 10.4. The van der Waals surface area contributed by atoms with E-state index in [-0.39, 0.29) is 0 Å². The van der Waals surface area contributed by atoms with Crippen molar-refractivity contribution in [1.29, 1.82) is 5.26 Å². The summed E-state index contributed by atoms with van der Waals surface area (Å²) in [5, 5.41) is 13.2. The maximum Gasteiger partial charge on any atom is 0.0965 e. The van der Waals surface area contributed by atoms with Gasteiger partial charge in [0.25, 0.3) is 0 Å². The van der Waals surface area contributed by atoms with Crippen molar-refractivity contribution >= 4 is 0 Å². The van der Waals surface area contributed by atoms with E-state index >= 15 is 0 Å². The Bertz CT molecular complexity index is 588. The first-order chi connectivity index (χ1) is 8.11. The zero-order chi connectivity index (χ0) is 12.4. The molecule has 1 heterocycles. The predicted molar refractivity (Wildman–Crippen MR) is 67.4 cm³/mol. The highest BCUT2D eigenvalue weighted by atomic mass is 15.2. The number of nitriles is 1. The van der Waals surface area contributed by atoms with E-state index in [2.05, 4.69) is 43.2 Å². The van der Waals surface area contributed by atoms with E-state index in [4.69, 9.17) is 5.26 Å². The lowest BCUT2D eigenvalue weighted by molar-refractivity contribution is 0.770. The Hall–Kier alpha value is -2.08. The second-order valence-corrected chi connectivity index (χ2v) is 4.31. The largest absolute Gasteiger partial charge is 0.275 e. The van der Waals surface area contributed by atoms with Gasteiger partial charge in [0.1, 0.15) is 0 Å². The van der Waals surface area contributed by atoms with Gasteiger partial charge in [-0.15, -0.1) is 0 Å². The summed E-state index contributed by atoms with van der Waals surface area (Å²) in [4.78, 5) is 0. The summed E-state index contributed by atoms with van der Waals surface area (Å²) in [6.45, 7) is 4.18. The van der Waals surface area contributed by atoms with Gasteiger partial charge >= 0.3 is 0 Å². The van der Waals surface area contributed by atoms with E-state index in [1.165, 1.54) is 11.1 Å². The molecule has 0 aliphatic heterocycles. The van der Waals surface area contributed by atoms with Crippen molar-refractivity contribution in [3.8, 4) is 17.3 Å². The number of rotatable bonds is 2. The fourth-order valence-corrected chi connectivity index (χ4v) is 1.88. The van der Waals surface area contributed by atoms with E-state index in [0.29, 0.717) is 6.42 Å². The molecule has 0 bridgehead atoms. The van der Waals surface area contributed by atoms with Crippen LogP contribution in [0.5, 0.6) is 0 Å². The number of benzene rings is 1. The molecule has 17 heavy (non-hydrogen) atoms. The Morgan fingerprint density at radius 2 is 2.06 bits per heavy atom.